The van der Waals surface area contributed by atoms with E-state index in [1.165, 1.54) is 5.56 Å². The molecule has 134 valence electrons. The lowest BCUT2D eigenvalue weighted by Gasteiger charge is -2.34. The van der Waals surface area contributed by atoms with Gasteiger partial charge < -0.3 is 9.47 Å². The van der Waals surface area contributed by atoms with Crippen LogP contribution in [0.4, 0.5) is 0 Å². The standard InChI is InChI=1S/C18H19ClN6O/c1-12-20-21-16-11-24(18(26)17-15(19)10-23(2)22-17)9-14(25(12)16)8-13-6-4-3-5-7-13/h3-7,10,14H,8-9,11H2,1-2H3/t14-/m1/s1. The number of carbonyl (C=O) groups is 1. The number of hydrogen-bond donors (Lipinski definition) is 0. The molecule has 0 unspecified atom stereocenters. The monoisotopic (exact) mass is 370 g/mol. The summed E-state index contributed by atoms with van der Waals surface area (Å²) in [6.07, 6.45) is 2.43. The number of nitrogens with zero attached hydrogens (tertiary/aromatic N) is 6. The molecule has 7 nitrogen and oxygen atoms in total. The highest BCUT2D eigenvalue weighted by atomic mass is 35.5. The maximum absolute atomic E-state index is 13.0. The van der Waals surface area contributed by atoms with Crippen LogP contribution < -0.4 is 0 Å². The van der Waals surface area contributed by atoms with Crippen LogP contribution in [0.3, 0.4) is 0 Å². The molecule has 0 aliphatic carbocycles. The van der Waals surface area contributed by atoms with Crippen molar-refractivity contribution in [3.05, 3.63) is 64.5 Å². The minimum absolute atomic E-state index is 0.0718. The van der Waals surface area contributed by atoms with Crippen LogP contribution in [0.1, 0.15) is 33.7 Å². The summed E-state index contributed by atoms with van der Waals surface area (Å²) in [5.74, 6) is 1.47. The van der Waals surface area contributed by atoms with Crippen molar-refractivity contribution in [2.45, 2.75) is 25.9 Å². The van der Waals surface area contributed by atoms with E-state index < -0.39 is 0 Å². The minimum Gasteiger partial charge on any atom is -0.328 e. The van der Waals surface area contributed by atoms with Crippen molar-refractivity contribution in [2.24, 2.45) is 7.05 Å². The molecule has 26 heavy (non-hydrogen) atoms. The molecule has 0 saturated carbocycles. The van der Waals surface area contributed by atoms with Crippen LogP contribution in [0.25, 0.3) is 0 Å². The van der Waals surface area contributed by atoms with Crippen molar-refractivity contribution < 1.29 is 4.79 Å². The van der Waals surface area contributed by atoms with Gasteiger partial charge in [0.25, 0.3) is 5.91 Å². The second-order valence-corrected chi connectivity index (χ2v) is 6.97. The summed E-state index contributed by atoms with van der Waals surface area (Å²) in [5.41, 5.74) is 1.49. The van der Waals surface area contributed by atoms with Crippen LogP contribution in [-0.2, 0) is 20.0 Å². The lowest BCUT2D eigenvalue weighted by Crippen LogP contribution is -2.42. The zero-order valence-corrected chi connectivity index (χ0v) is 15.4. The number of amides is 1. The number of carbonyl (C=O) groups excluding carboxylic acids is 1. The Hall–Kier alpha value is -2.67. The van der Waals surface area contributed by atoms with E-state index in [2.05, 4.69) is 32.0 Å². The maximum Gasteiger partial charge on any atom is 0.276 e. The number of fused-ring (bicyclic) bond motifs is 1. The zero-order valence-electron chi connectivity index (χ0n) is 14.6. The SMILES string of the molecule is Cc1nnc2n1[C@H](Cc1ccccc1)CN(C(=O)c1nn(C)cc1Cl)C2. The predicted molar refractivity (Wildman–Crippen MR) is 96.9 cm³/mol. The first kappa shape index (κ1) is 16.8. The third kappa shape index (κ3) is 2.99. The fourth-order valence-electron chi connectivity index (χ4n) is 3.52. The van der Waals surface area contributed by atoms with E-state index >= 15 is 0 Å². The van der Waals surface area contributed by atoms with Crippen LogP contribution in [0.2, 0.25) is 5.02 Å². The van der Waals surface area contributed by atoms with E-state index in [1.807, 2.05) is 25.1 Å². The number of benzene rings is 1. The molecule has 8 heteroatoms. The Bertz CT molecular complexity index is 948. The summed E-state index contributed by atoms with van der Waals surface area (Å²) in [5, 5.41) is 13.0. The largest absolute Gasteiger partial charge is 0.328 e. The van der Waals surface area contributed by atoms with Gasteiger partial charge in [-0.15, -0.1) is 10.2 Å². The van der Waals surface area contributed by atoms with E-state index in [4.69, 9.17) is 11.6 Å². The highest BCUT2D eigenvalue weighted by molar-refractivity contribution is 6.33. The molecule has 0 saturated heterocycles. The van der Waals surface area contributed by atoms with Crippen LogP contribution in [0, 0.1) is 6.92 Å². The normalized spacial score (nSPS) is 16.6. The molecule has 0 spiro atoms. The van der Waals surface area contributed by atoms with Crippen LogP contribution in [0.5, 0.6) is 0 Å². The number of hydrogen-bond acceptors (Lipinski definition) is 4. The van der Waals surface area contributed by atoms with Gasteiger partial charge in [-0.25, -0.2) is 0 Å². The smallest absolute Gasteiger partial charge is 0.276 e. The predicted octanol–water partition coefficient (Wildman–Crippen LogP) is 2.41. The van der Waals surface area contributed by atoms with Crippen molar-refractivity contribution >= 4 is 17.5 Å². The molecule has 1 aromatic carbocycles. The first-order valence-electron chi connectivity index (χ1n) is 8.45. The van der Waals surface area contributed by atoms with Gasteiger partial charge in [0.15, 0.2) is 11.5 Å². The highest BCUT2D eigenvalue weighted by Gasteiger charge is 2.32. The number of aromatic nitrogens is 5. The first-order chi connectivity index (χ1) is 12.5. The van der Waals surface area contributed by atoms with Gasteiger partial charge in [0.2, 0.25) is 0 Å². The Morgan fingerprint density at radius 3 is 2.73 bits per heavy atom. The van der Waals surface area contributed by atoms with Gasteiger partial charge in [-0.2, -0.15) is 5.10 Å². The molecule has 0 N–H and O–H groups in total. The van der Waals surface area contributed by atoms with E-state index in [1.54, 1.807) is 22.8 Å². The van der Waals surface area contributed by atoms with Crippen LogP contribution in [-0.4, -0.2) is 41.9 Å². The van der Waals surface area contributed by atoms with Crippen molar-refractivity contribution in [3.63, 3.8) is 0 Å². The van der Waals surface area contributed by atoms with Crippen LogP contribution in [0.15, 0.2) is 36.5 Å². The number of rotatable bonds is 3. The van der Waals surface area contributed by atoms with Gasteiger partial charge in [0, 0.05) is 19.8 Å². The first-order valence-corrected chi connectivity index (χ1v) is 8.83. The number of aryl methyl sites for hydroxylation is 2. The lowest BCUT2D eigenvalue weighted by atomic mass is 10.0. The quantitative estimate of drug-likeness (QED) is 0.710. The third-order valence-electron chi connectivity index (χ3n) is 4.65. The minimum atomic E-state index is -0.180. The lowest BCUT2D eigenvalue weighted by molar-refractivity contribution is 0.0665. The summed E-state index contributed by atoms with van der Waals surface area (Å²) < 4.78 is 3.68. The molecule has 2 aromatic heterocycles. The molecule has 3 aromatic rings. The topological polar surface area (TPSA) is 68.8 Å². The molecule has 0 radical (unpaired) electrons. The molecule has 0 bridgehead atoms. The Balaban J connectivity index is 1.65. The summed E-state index contributed by atoms with van der Waals surface area (Å²) in [4.78, 5) is 14.7. The molecule has 1 aliphatic rings. The summed E-state index contributed by atoms with van der Waals surface area (Å²) in [6, 6.07) is 10.3. The molecule has 0 fully saturated rings. The van der Waals surface area contributed by atoms with E-state index in [9.17, 15) is 4.79 Å². The van der Waals surface area contributed by atoms with Crippen molar-refractivity contribution in [3.8, 4) is 0 Å². The second-order valence-electron chi connectivity index (χ2n) is 6.56. The molecule has 4 rings (SSSR count). The maximum atomic E-state index is 13.0. The fourth-order valence-corrected chi connectivity index (χ4v) is 3.78. The molecule has 1 atom stereocenters. The van der Waals surface area contributed by atoms with Crippen molar-refractivity contribution in [1.29, 1.82) is 0 Å². The molecule has 1 amide bonds. The molecule has 3 heterocycles. The number of halogens is 1. The third-order valence-corrected chi connectivity index (χ3v) is 4.93. The Kier molecular flexibility index (Phi) is 4.24. The van der Waals surface area contributed by atoms with E-state index in [-0.39, 0.29) is 17.6 Å². The van der Waals surface area contributed by atoms with Gasteiger partial charge in [-0.3, -0.25) is 9.48 Å². The average Bonchev–Trinajstić information content (AvgIpc) is 3.17. The van der Waals surface area contributed by atoms with Crippen LogP contribution >= 0.6 is 11.6 Å². The zero-order chi connectivity index (χ0) is 18.3. The van der Waals surface area contributed by atoms with Crippen molar-refractivity contribution in [1.82, 2.24) is 29.4 Å². The molecular weight excluding hydrogens is 352 g/mol. The highest BCUT2D eigenvalue weighted by Crippen LogP contribution is 2.27. The van der Waals surface area contributed by atoms with Gasteiger partial charge in [0.05, 0.1) is 17.6 Å². The summed E-state index contributed by atoms with van der Waals surface area (Å²) >= 11 is 6.17. The van der Waals surface area contributed by atoms with Gasteiger partial charge in [-0.05, 0) is 18.9 Å². The molecular formula is C18H19ClN6O. The molecule has 1 aliphatic heterocycles. The van der Waals surface area contributed by atoms with E-state index in [0.717, 1.165) is 18.1 Å². The van der Waals surface area contributed by atoms with E-state index in [0.29, 0.717) is 18.1 Å². The fraction of sp³-hybridized carbons (Fsp3) is 0.333. The Labute approximate surface area is 156 Å². The van der Waals surface area contributed by atoms with Gasteiger partial charge in [0.1, 0.15) is 5.82 Å². The Morgan fingerprint density at radius 1 is 1.27 bits per heavy atom. The van der Waals surface area contributed by atoms with Gasteiger partial charge in [-0.1, -0.05) is 41.9 Å². The summed E-state index contributed by atoms with van der Waals surface area (Å²) in [7, 11) is 1.75. The second kappa shape index (κ2) is 6.57. The van der Waals surface area contributed by atoms with Gasteiger partial charge >= 0.3 is 0 Å². The average molecular weight is 371 g/mol. The van der Waals surface area contributed by atoms with Crippen molar-refractivity contribution in [2.75, 3.05) is 6.54 Å². The Morgan fingerprint density at radius 2 is 2.04 bits per heavy atom. The summed E-state index contributed by atoms with van der Waals surface area (Å²) in [6.45, 7) is 2.91.